The molecule has 0 aliphatic carbocycles. The molecule has 0 aromatic carbocycles. The fourth-order valence-electron chi connectivity index (χ4n) is 1.91. The lowest BCUT2D eigenvalue weighted by Gasteiger charge is -2.46. The lowest BCUT2D eigenvalue weighted by atomic mass is 9.95. The van der Waals surface area contributed by atoms with Gasteiger partial charge in [0.1, 0.15) is 6.04 Å². The van der Waals surface area contributed by atoms with Gasteiger partial charge in [-0.2, -0.15) is 0 Å². The molecule has 1 heterocycles. The van der Waals surface area contributed by atoms with Gasteiger partial charge < -0.3 is 15.7 Å². The Labute approximate surface area is 112 Å². The summed E-state index contributed by atoms with van der Waals surface area (Å²) in [6, 6.07) is -0.992. The Morgan fingerprint density at radius 3 is 2.69 bits per heavy atom. The number of piperidine rings is 1. The second kappa shape index (κ2) is 5.05. The van der Waals surface area contributed by atoms with Gasteiger partial charge >= 0.3 is 5.97 Å². The molecule has 0 radical (unpaired) electrons. The molecule has 3 unspecified atom stereocenters. The van der Waals surface area contributed by atoms with Crippen molar-refractivity contribution >= 4 is 46.1 Å². The molecule has 1 rings (SSSR count). The van der Waals surface area contributed by atoms with Crippen molar-refractivity contribution in [2.75, 3.05) is 6.54 Å². The van der Waals surface area contributed by atoms with Crippen molar-refractivity contribution in [1.82, 2.24) is 4.90 Å². The average Bonchev–Trinajstić information content (AvgIpc) is 2.19. The summed E-state index contributed by atoms with van der Waals surface area (Å²) in [5.41, 5.74) is 5.30. The van der Waals surface area contributed by atoms with E-state index in [2.05, 4.69) is 22.6 Å². The zero-order valence-electron chi connectivity index (χ0n) is 8.82. The second-order valence-corrected chi connectivity index (χ2v) is 6.83. The van der Waals surface area contributed by atoms with E-state index in [1.54, 1.807) is 0 Å². The van der Waals surface area contributed by atoms with Crippen LogP contribution in [0.1, 0.15) is 19.8 Å². The lowest BCUT2D eigenvalue weighted by Crippen LogP contribution is -2.62. The topological polar surface area (TPSA) is 83.6 Å². The van der Waals surface area contributed by atoms with Gasteiger partial charge in [0.2, 0.25) is 5.91 Å². The number of alkyl halides is 2. The van der Waals surface area contributed by atoms with E-state index in [-0.39, 0.29) is 12.5 Å². The number of hydrogen-bond acceptors (Lipinski definition) is 3. The fourth-order valence-corrected chi connectivity index (χ4v) is 3.12. The summed E-state index contributed by atoms with van der Waals surface area (Å²) < 4.78 is -0.539. The Morgan fingerprint density at radius 1 is 1.69 bits per heavy atom. The van der Waals surface area contributed by atoms with Crippen LogP contribution < -0.4 is 5.73 Å². The first kappa shape index (κ1) is 14.0. The van der Waals surface area contributed by atoms with Crippen molar-refractivity contribution in [2.24, 2.45) is 5.73 Å². The molecule has 1 saturated heterocycles. The van der Waals surface area contributed by atoms with Gasteiger partial charge in [-0.1, -0.05) is 22.6 Å². The number of carbonyl (C=O) groups excluding carboxylic acids is 1. The predicted molar refractivity (Wildman–Crippen MR) is 68.6 cm³/mol. The molecule has 0 aromatic heterocycles. The van der Waals surface area contributed by atoms with Gasteiger partial charge in [0.25, 0.3) is 0 Å². The van der Waals surface area contributed by atoms with E-state index >= 15 is 0 Å². The van der Waals surface area contributed by atoms with E-state index in [1.807, 2.05) is 6.92 Å². The smallest absolute Gasteiger partial charge is 0.328 e. The Hall–Kier alpha value is -0.0800. The van der Waals surface area contributed by atoms with Gasteiger partial charge in [-0.15, -0.1) is 11.6 Å². The van der Waals surface area contributed by atoms with Crippen LogP contribution in [-0.2, 0) is 9.59 Å². The van der Waals surface area contributed by atoms with Crippen LogP contribution in [0.15, 0.2) is 0 Å². The Morgan fingerprint density at radius 2 is 2.25 bits per heavy atom. The fraction of sp³-hybridized carbons (Fsp3) is 0.778. The van der Waals surface area contributed by atoms with Crippen molar-refractivity contribution in [1.29, 1.82) is 0 Å². The van der Waals surface area contributed by atoms with Crippen LogP contribution in [0, 0.1) is 0 Å². The van der Waals surface area contributed by atoms with Crippen LogP contribution in [0.3, 0.4) is 0 Å². The molecule has 3 N–H and O–H groups in total. The average molecular weight is 361 g/mol. The van der Waals surface area contributed by atoms with Gasteiger partial charge in [0.05, 0.1) is 15.5 Å². The minimum atomic E-state index is -1.08. The number of carboxylic acids is 1. The standard InChI is InChI=1S/C9H14ClIN2O3/c1-9(11)3-2-5(10)7(8(15)16)13(9)6(14)4-12/h5,7H,2-4,12H2,1H3,(H,15,16). The van der Waals surface area contributed by atoms with E-state index in [1.165, 1.54) is 4.90 Å². The normalized spacial score (nSPS) is 34.9. The third-order valence-electron chi connectivity index (χ3n) is 2.70. The summed E-state index contributed by atoms with van der Waals surface area (Å²) in [5.74, 6) is -1.46. The highest BCUT2D eigenvalue weighted by Gasteiger charge is 2.47. The highest BCUT2D eigenvalue weighted by Crippen LogP contribution is 2.39. The lowest BCUT2D eigenvalue weighted by molar-refractivity contribution is -0.154. The minimum Gasteiger partial charge on any atom is -0.480 e. The van der Waals surface area contributed by atoms with Crippen molar-refractivity contribution in [3.05, 3.63) is 0 Å². The Bertz CT molecular complexity index is 311. The van der Waals surface area contributed by atoms with E-state index in [4.69, 9.17) is 22.4 Å². The Balaban J connectivity index is 3.08. The molecule has 0 bridgehead atoms. The summed E-state index contributed by atoms with van der Waals surface area (Å²) in [6.07, 6.45) is 1.24. The molecule has 92 valence electrons. The van der Waals surface area contributed by atoms with E-state index in [0.29, 0.717) is 12.8 Å². The number of amides is 1. The van der Waals surface area contributed by atoms with Crippen LogP contribution in [-0.4, -0.2) is 43.4 Å². The van der Waals surface area contributed by atoms with Crippen LogP contribution in [0.5, 0.6) is 0 Å². The van der Waals surface area contributed by atoms with E-state index in [9.17, 15) is 9.59 Å². The number of halogens is 2. The summed E-state index contributed by atoms with van der Waals surface area (Å²) in [4.78, 5) is 24.2. The minimum absolute atomic E-state index is 0.202. The number of hydrogen-bond donors (Lipinski definition) is 2. The maximum atomic E-state index is 11.7. The van der Waals surface area contributed by atoms with Crippen molar-refractivity contribution < 1.29 is 14.7 Å². The Kier molecular flexibility index (Phi) is 4.42. The number of aliphatic carboxylic acids is 1. The van der Waals surface area contributed by atoms with Gasteiger partial charge in [-0.3, -0.25) is 4.79 Å². The highest BCUT2D eigenvalue weighted by atomic mass is 127. The second-order valence-electron chi connectivity index (χ2n) is 3.95. The number of nitrogens with zero attached hydrogens (tertiary/aromatic N) is 1. The molecule has 1 fully saturated rings. The maximum absolute atomic E-state index is 11.7. The molecule has 0 saturated carbocycles. The monoisotopic (exact) mass is 360 g/mol. The number of carbonyl (C=O) groups is 2. The summed E-state index contributed by atoms with van der Waals surface area (Å²) in [5, 5.41) is 8.57. The zero-order valence-corrected chi connectivity index (χ0v) is 11.7. The number of likely N-dealkylation sites (tertiary alicyclic amines) is 1. The third-order valence-corrected chi connectivity index (χ3v) is 4.21. The molecule has 16 heavy (non-hydrogen) atoms. The summed E-state index contributed by atoms with van der Waals surface area (Å²) in [6.45, 7) is 1.62. The molecule has 0 aromatic rings. The SMILES string of the molecule is CC1(I)CCC(Cl)C(C(=O)O)N1C(=O)CN. The molecule has 1 aliphatic heterocycles. The first-order valence-corrected chi connectivity index (χ1v) is 6.41. The maximum Gasteiger partial charge on any atom is 0.328 e. The van der Waals surface area contributed by atoms with Crippen LogP contribution in [0.2, 0.25) is 0 Å². The quantitative estimate of drug-likeness (QED) is 0.433. The highest BCUT2D eigenvalue weighted by molar-refractivity contribution is 14.1. The zero-order chi connectivity index (χ0) is 12.5. The first-order valence-electron chi connectivity index (χ1n) is 4.89. The van der Waals surface area contributed by atoms with Gasteiger partial charge in [0, 0.05) is 0 Å². The number of nitrogens with two attached hydrogens (primary N) is 1. The largest absolute Gasteiger partial charge is 0.480 e. The summed E-state index contributed by atoms with van der Waals surface area (Å²) in [7, 11) is 0. The molecule has 1 aliphatic rings. The molecule has 1 amide bonds. The van der Waals surface area contributed by atoms with Gasteiger partial charge in [-0.25, -0.2) is 4.79 Å². The van der Waals surface area contributed by atoms with Crippen LogP contribution in [0.25, 0.3) is 0 Å². The van der Waals surface area contributed by atoms with Crippen LogP contribution >= 0.6 is 34.2 Å². The van der Waals surface area contributed by atoms with E-state index < -0.39 is 20.9 Å². The summed E-state index contributed by atoms with van der Waals surface area (Å²) >= 11 is 8.06. The number of carboxylic acid groups (broad SMARTS) is 1. The molecular formula is C9H14ClIN2O3. The van der Waals surface area contributed by atoms with Gasteiger partial charge in [-0.05, 0) is 19.8 Å². The molecule has 5 nitrogen and oxygen atoms in total. The first-order chi connectivity index (χ1) is 7.31. The van der Waals surface area contributed by atoms with E-state index in [0.717, 1.165) is 0 Å². The van der Waals surface area contributed by atoms with Crippen molar-refractivity contribution in [3.63, 3.8) is 0 Å². The molecule has 7 heteroatoms. The van der Waals surface area contributed by atoms with Crippen LogP contribution in [0.4, 0.5) is 0 Å². The van der Waals surface area contributed by atoms with Gasteiger partial charge in [0.15, 0.2) is 0 Å². The third kappa shape index (κ3) is 2.60. The van der Waals surface area contributed by atoms with Crippen molar-refractivity contribution in [2.45, 2.75) is 34.7 Å². The molecular weight excluding hydrogens is 346 g/mol. The predicted octanol–water partition coefficient (Wildman–Crippen LogP) is 0.779. The number of rotatable bonds is 2. The molecule has 3 atom stereocenters. The molecule has 0 spiro atoms. The van der Waals surface area contributed by atoms with Crippen molar-refractivity contribution in [3.8, 4) is 0 Å².